The Morgan fingerprint density at radius 2 is 2.11 bits per heavy atom. The van der Waals surface area contributed by atoms with Crippen LogP contribution in [0.15, 0.2) is 4.99 Å². The topological polar surface area (TPSA) is 45.7 Å². The Morgan fingerprint density at radius 3 is 2.63 bits per heavy atom. The summed E-state index contributed by atoms with van der Waals surface area (Å²) in [5, 5.41) is 6.66. The summed E-state index contributed by atoms with van der Waals surface area (Å²) in [5.41, 5.74) is -0.0552. The Hall–Kier alpha value is -0.0400. The molecule has 1 unspecified atom stereocenters. The van der Waals surface area contributed by atoms with Crippen molar-refractivity contribution in [3.8, 4) is 0 Å². The number of guanidine groups is 1. The van der Waals surface area contributed by atoms with Gasteiger partial charge in [-0.1, -0.05) is 13.8 Å². The standard InChI is InChI=1S/C14H29N3O.HI/c1-5-15-13(16-9-7-12(2)3)17-11-14(4)8-6-10-18-14;/h12H,5-11H2,1-4H3,(H2,15,16,17);1H. The number of hydrogen-bond donors (Lipinski definition) is 2. The van der Waals surface area contributed by atoms with Gasteiger partial charge in [0.25, 0.3) is 0 Å². The SMILES string of the molecule is CCNC(=NCC1(C)CCCO1)NCCC(C)C.I. The highest BCUT2D eigenvalue weighted by molar-refractivity contribution is 14.0. The van der Waals surface area contributed by atoms with Crippen LogP contribution in [-0.4, -0.2) is 37.8 Å². The van der Waals surface area contributed by atoms with Gasteiger partial charge >= 0.3 is 0 Å². The van der Waals surface area contributed by atoms with Crippen LogP contribution in [0.3, 0.4) is 0 Å². The van der Waals surface area contributed by atoms with Crippen molar-refractivity contribution >= 4 is 29.9 Å². The Bertz CT molecular complexity index is 263. The monoisotopic (exact) mass is 383 g/mol. The van der Waals surface area contributed by atoms with Crippen molar-refractivity contribution in [3.05, 3.63) is 0 Å². The molecule has 0 bridgehead atoms. The number of nitrogens with one attached hydrogen (secondary N) is 2. The van der Waals surface area contributed by atoms with Gasteiger partial charge < -0.3 is 15.4 Å². The Labute approximate surface area is 135 Å². The molecule has 1 aliphatic rings. The van der Waals surface area contributed by atoms with E-state index in [0.717, 1.165) is 57.4 Å². The zero-order valence-electron chi connectivity index (χ0n) is 12.8. The summed E-state index contributed by atoms with van der Waals surface area (Å²) in [6.07, 6.45) is 3.43. The number of aliphatic imine (C=N–C) groups is 1. The van der Waals surface area contributed by atoms with Crippen LogP contribution < -0.4 is 10.6 Å². The van der Waals surface area contributed by atoms with Gasteiger partial charge in [-0.25, -0.2) is 0 Å². The molecule has 4 nitrogen and oxygen atoms in total. The average Bonchev–Trinajstić information content (AvgIpc) is 2.73. The molecule has 114 valence electrons. The van der Waals surface area contributed by atoms with E-state index in [0.29, 0.717) is 0 Å². The van der Waals surface area contributed by atoms with Gasteiger partial charge in [0, 0.05) is 19.7 Å². The number of rotatable bonds is 6. The van der Waals surface area contributed by atoms with E-state index in [1.54, 1.807) is 0 Å². The first-order valence-corrected chi connectivity index (χ1v) is 7.22. The molecule has 2 N–H and O–H groups in total. The quantitative estimate of drug-likeness (QED) is 0.421. The number of ether oxygens (including phenoxy) is 1. The predicted molar refractivity (Wildman–Crippen MR) is 92.4 cm³/mol. The normalized spacial score (nSPS) is 23.3. The summed E-state index contributed by atoms with van der Waals surface area (Å²) in [4.78, 5) is 4.63. The van der Waals surface area contributed by atoms with E-state index in [1.165, 1.54) is 0 Å². The van der Waals surface area contributed by atoms with Gasteiger partial charge in [0.1, 0.15) is 0 Å². The van der Waals surface area contributed by atoms with E-state index in [1.807, 2.05) is 0 Å². The summed E-state index contributed by atoms with van der Waals surface area (Å²) in [6.45, 7) is 12.2. The number of hydrogen-bond acceptors (Lipinski definition) is 2. The van der Waals surface area contributed by atoms with Gasteiger partial charge in [-0.3, -0.25) is 4.99 Å². The molecule has 0 radical (unpaired) electrons. The fraction of sp³-hybridized carbons (Fsp3) is 0.929. The molecule has 0 amide bonds. The maximum atomic E-state index is 5.75. The van der Waals surface area contributed by atoms with Gasteiger partial charge in [0.15, 0.2) is 5.96 Å². The third-order valence-electron chi connectivity index (χ3n) is 3.23. The first-order valence-electron chi connectivity index (χ1n) is 7.22. The lowest BCUT2D eigenvalue weighted by Crippen LogP contribution is -2.39. The van der Waals surface area contributed by atoms with Gasteiger partial charge in [0.2, 0.25) is 0 Å². The van der Waals surface area contributed by atoms with Crippen LogP contribution in [0.5, 0.6) is 0 Å². The molecule has 1 rings (SSSR count). The maximum Gasteiger partial charge on any atom is 0.191 e. The lowest BCUT2D eigenvalue weighted by molar-refractivity contribution is 0.0283. The van der Waals surface area contributed by atoms with E-state index in [-0.39, 0.29) is 29.6 Å². The van der Waals surface area contributed by atoms with Crippen molar-refractivity contribution in [2.24, 2.45) is 10.9 Å². The van der Waals surface area contributed by atoms with Gasteiger partial charge in [-0.05, 0) is 39.0 Å². The molecule has 0 aromatic carbocycles. The van der Waals surface area contributed by atoms with Gasteiger partial charge in [-0.15, -0.1) is 24.0 Å². The van der Waals surface area contributed by atoms with Crippen molar-refractivity contribution in [1.29, 1.82) is 0 Å². The fourth-order valence-electron chi connectivity index (χ4n) is 2.03. The van der Waals surface area contributed by atoms with Crippen molar-refractivity contribution in [2.45, 2.75) is 52.6 Å². The van der Waals surface area contributed by atoms with E-state index < -0.39 is 0 Å². The number of halogens is 1. The molecule has 0 saturated carbocycles. The first-order chi connectivity index (χ1) is 8.56. The summed E-state index contributed by atoms with van der Waals surface area (Å²) < 4.78 is 5.75. The van der Waals surface area contributed by atoms with E-state index in [2.05, 4.69) is 43.3 Å². The molecule has 0 aromatic heterocycles. The Balaban J connectivity index is 0.00000324. The molecule has 5 heteroatoms. The highest BCUT2D eigenvalue weighted by Gasteiger charge is 2.29. The van der Waals surface area contributed by atoms with Crippen molar-refractivity contribution in [2.75, 3.05) is 26.2 Å². The molecule has 0 spiro atoms. The van der Waals surface area contributed by atoms with E-state index >= 15 is 0 Å². The molecule has 19 heavy (non-hydrogen) atoms. The second kappa shape index (κ2) is 9.80. The fourth-order valence-corrected chi connectivity index (χ4v) is 2.03. The van der Waals surface area contributed by atoms with E-state index in [4.69, 9.17) is 4.74 Å². The molecule has 0 aliphatic carbocycles. The highest BCUT2D eigenvalue weighted by atomic mass is 127. The minimum Gasteiger partial charge on any atom is -0.373 e. The molecule has 1 fully saturated rings. The minimum atomic E-state index is -0.0552. The largest absolute Gasteiger partial charge is 0.373 e. The van der Waals surface area contributed by atoms with Crippen LogP contribution in [0.25, 0.3) is 0 Å². The second-order valence-corrected chi connectivity index (χ2v) is 5.71. The van der Waals surface area contributed by atoms with Crippen LogP contribution in [0, 0.1) is 5.92 Å². The van der Waals surface area contributed by atoms with Gasteiger partial charge in [-0.2, -0.15) is 0 Å². The van der Waals surface area contributed by atoms with Crippen LogP contribution in [0.4, 0.5) is 0 Å². The van der Waals surface area contributed by atoms with Crippen molar-refractivity contribution in [3.63, 3.8) is 0 Å². The lowest BCUT2D eigenvalue weighted by Gasteiger charge is -2.21. The van der Waals surface area contributed by atoms with Gasteiger partial charge in [0.05, 0.1) is 12.1 Å². The zero-order chi connectivity index (χ0) is 13.4. The summed E-state index contributed by atoms with van der Waals surface area (Å²) in [7, 11) is 0. The molecule has 1 heterocycles. The molecule has 1 aliphatic heterocycles. The molecular weight excluding hydrogens is 353 g/mol. The lowest BCUT2D eigenvalue weighted by atomic mass is 10.0. The van der Waals surface area contributed by atoms with Crippen molar-refractivity contribution in [1.82, 2.24) is 10.6 Å². The Kier molecular flexibility index (Phi) is 9.78. The number of nitrogens with zero attached hydrogens (tertiary/aromatic N) is 1. The summed E-state index contributed by atoms with van der Waals surface area (Å²) >= 11 is 0. The zero-order valence-corrected chi connectivity index (χ0v) is 15.1. The first kappa shape index (κ1) is 19.0. The maximum absolute atomic E-state index is 5.75. The summed E-state index contributed by atoms with van der Waals surface area (Å²) in [6, 6.07) is 0. The van der Waals surface area contributed by atoms with Crippen LogP contribution >= 0.6 is 24.0 Å². The minimum absolute atomic E-state index is 0. The summed E-state index contributed by atoms with van der Waals surface area (Å²) in [5.74, 6) is 1.63. The molecule has 1 atom stereocenters. The third kappa shape index (κ3) is 7.97. The van der Waals surface area contributed by atoms with Crippen LogP contribution in [0.1, 0.15) is 47.0 Å². The smallest absolute Gasteiger partial charge is 0.191 e. The highest BCUT2D eigenvalue weighted by Crippen LogP contribution is 2.24. The third-order valence-corrected chi connectivity index (χ3v) is 3.23. The second-order valence-electron chi connectivity index (χ2n) is 5.71. The molecule has 1 saturated heterocycles. The van der Waals surface area contributed by atoms with Crippen molar-refractivity contribution < 1.29 is 4.74 Å². The van der Waals surface area contributed by atoms with Crippen LogP contribution in [-0.2, 0) is 4.74 Å². The van der Waals surface area contributed by atoms with E-state index in [9.17, 15) is 0 Å². The molecular formula is C14H30IN3O. The Morgan fingerprint density at radius 1 is 1.37 bits per heavy atom. The van der Waals surface area contributed by atoms with Crippen LogP contribution in [0.2, 0.25) is 0 Å². The molecule has 0 aromatic rings. The average molecular weight is 383 g/mol. The predicted octanol–water partition coefficient (Wildman–Crippen LogP) is 2.77.